The molecule has 0 amide bonds. The van der Waals surface area contributed by atoms with Crippen LogP contribution in [0.1, 0.15) is 36.8 Å². The predicted octanol–water partition coefficient (Wildman–Crippen LogP) is 3.49. The van der Waals surface area contributed by atoms with Crippen LogP contribution in [0.5, 0.6) is 0 Å². The van der Waals surface area contributed by atoms with E-state index in [0.717, 1.165) is 18.5 Å². The summed E-state index contributed by atoms with van der Waals surface area (Å²) in [5.41, 5.74) is 3.99. The highest BCUT2D eigenvalue weighted by molar-refractivity contribution is 5.51. The van der Waals surface area contributed by atoms with Gasteiger partial charge in [-0.05, 0) is 57.7 Å². The Labute approximate surface area is 111 Å². The predicted molar refractivity (Wildman–Crippen MR) is 79.2 cm³/mol. The summed E-state index contributed by atoms with van der Waals surface area (Å²) in [4.78, 5) is 0. The fourth-order valence-electron chi connectivity index (χ4n) is 3.00. The average Bonchev–Trinajstić information content (AvgIpc) is 2.38. The molecule has 0 bridgehead atoms. The summed E-state index contributed by atoms with van der Waals surface area (Å²) in [7, 11) is 2.09. The molecular weight excluding hydrogens is 220 g/mol. The van der Waals surface area contributed by atoms with Gasteiger partial charge in [-0.1, -0.05) is 24.1 Å². The van der Waals surface area contributed by atoms with E-state index in [2.05, 4.69) is 49.7 Å². The van der Waals surface area contributed by atoms with Gasteiger partial charge < -0.3 is 10.6 Å². The summed E-state index contributed by atoms with van der Waals surface area (Å²) >= 11 is 0. The topological polar surface area (TPSA) is 24.1 Å². The summed E-state index contributed by atoms with van der Waals surface area (Å²) in [6, 6.07) is 7.37. The maximum Gasteiger partial charge on any atom is 0.0370 e. The van der Waals surface area contributed by atoms with Crippen LogP contribution in [0.25, 0.3) is 0 Å². The van der Waals surface area contributed by atoms with Gasteiger partial charge in [-0.3, -0.25) is 0 Å². The normalized spacial score (nSPS) is 23.9. The fourth-order valence-corrected chi connectivity index (χ4v) is 3.00. The molecule has 2 unspecified atom stereocenters. The summed E-state index contributed by atoms with van der Waals surface area (Å²) in [6.45, 7) is 5.45. The van der Waals surface area contributed by atoms with Gasteiger partial charge in [0.2, 0.25) is 0 Å². The summed E-state index contributed by atoms with van der Waals surface area (Å²) in [5.74, 6) is 0.817. The van der Waals surface area contributed by atoms with E-state index >= 15 is 0 Å². The van der Waals surface area contributed by atoms with Crippen LogP contribution in [-0.4, -0.2) is 19.6 Å². The van der Waals surface area contributed by atoms with E-state index in [0.29, 0.717) is 0 Å². The molecule has 0 saturated heterocycles. The van der Waals surface area contributed by atoms with E-state index in [9.17, 15) is 0 Å². The highest BCUT2D eigenvalue weighted by atomic mass is 14.9. The van der Waals surface area contributed by atoms with Crippen LogP contribution >= 0.6 is 0 Å². The van der Waals surface area contributed by atoms with E-state index in [-0.39, 0.29) is 0 Å². The minimum absolute atomic E-state index is 0.727. The van der Waals surface area contributed by atoms with Gasteiger partial charge in [0.1, 0.15) is 0 Å². The third-order valence-electron chi connectivity index (χ3n) is 4.15. The first-order valence-corrected chi connectivity index (χ1v) is 7.17. The highest BCUT2D eigenvalue weighted by Crippen LogP contribution is 2.25. The van der Waals surface area contributed by atoms with Crippen LogP contribution in [0.15, 0.2) is 18.2 Å². The lowest BCUT2D eigenvalue weighted by Crippen LogP contribution is -2.33. The van der Waals surface area contributed by atoms with Crippen molar-refractivity contribution < 1.29 is 0 Å². The standard InChI is InChI=1S/C16H26N2/c1-12-7-8-16(13(2)9-12)18-11-14-5-4-6-15(10-14)17-3/h7-9,14-15,17-18H,4-6,10-11H2,1-3H3. The molecule has 0 aliphatic heterocycles. The van der Waals surface area contributed by atoms with Crippen LogP contribution in [-0.2, 0) is 0 Å². The van der Waals surface area contributed by atoms with E-state index in [1.165, 1.54) is 42.5 Å². The van der Waals surface area contributed by atoms with Gasteiger partial charge in [0.15, 0.2) is 0 Å². The van der Waals surface area contributed by atoms with Crippen molar-refractivity contribution in [3.05, 3.63) is 29.3 Å². The average molecular weight is 246 g/mol. The number of hydrogen-bond acceptors (Lipinski definition) is 2. The van der Waals surface area contributed by atoms with Gasteiger partial charge in [-0.15, -0.1) is 0 Å². The van der Waals surface area contributed by atoms with Crippen molar-refractivity contribution >= 4 is 5.69 Å². The van der Waals surface area contributed by atoms with Gasteiger partial charge in [-0.2, -0.15) is 0 Å². The molecule has 1 fully saturated rings. The Hall–Kier alpha value is -1.02. The van der Waals surface area contributed by atoms with Crippen molar-refractivity contribution in [2.24, 2.45) is 5.92 Å². The SMILES string of the molecule is CNC1CCCC(CNc2ccc(C)cc2C)C1. The molecule has 18 heavy (non-hydrogen) atoms. The first kappa shape index (κ1) is 13.4. The summed E-state index contributed by atoms with van der Waals surface area (Å²) in [6.07, 6.45) is 5.39. The smallest absolute Gasteiger partial charge is 0.0370 e. The zero-order chi connectivity index (χ0) is 13.0. The second kappa shape index (κ2) is 6.24. The Morgan fingerprint density at radius 3 is 2.78 bits per heavy atom. The molecule has 0 heterocycles. The lowest BCUT2D eigenvalue weighted by Gasteiger charge is -2.29. The molecule has 1 aromatic rings. The fraction of sp³-hybridized carbons (Fsp3) is 0.625. The van der Waals surface area contributed by atoms with Crippen LogP contribution in [0, 0.1) is 19.8 Å². The molecular formula is C16H26N2. The molecule has 0 radical (unpaired) electrons. The Morgan fingerprint density at radius 1 is 1.22 bits per heavy atom. The van der Waals surface area contributed by atoms with E-state index in [1.54, 1.807) is 0 Å². The molecule has 2 rings (SSSR count). The number of nitrogens with one attached hydrogen (secondary N) is 2. The minimum Gasteiger partial charge on any atom is -0.385 e. The summed E-state index contributed by atoms with van der Waals surface area (Å²) < 4.78 is 0. The van der Waals surface area contributed by atoms with Crippen LogP contribution in [0.2, 0.25) is 0 Å². The lowest BCUT2D eigenvalue weighted by molar-refractivity contribution is 0.306. The van der Waals surface area contributed by atoms with E-state index in [4.69, 9.17) is 0 Å². The Morgan fingerprint density at radius 2 is 2.06 bits per heavy atom. The molecule has 1 aromatic carbocycles. The van der Waals surface area contributed by atoms with Crippen LogP contribution in [0.4, 0.5) is 5.69 Å². The molecule has 1 aliphatic carbocycles. The van der Waals surface area contributed by atoms with Gasteiger partial charge in [0.25, 0.3) is 0 Å². The van der Waals surface area contributed by atoms with Crippen LogP contribution < -0.4 is 10.6 Å². The number of hydrogen-bond donors (Lipinski definition) is 2. The maximum atomic E-state index is 3.63. The molecule has 100 valence electrons. The quantitative estimate of drug-likeness (QED) is 0.849. The van der Waals surface area contributed by atoms with Crippen molar-refractivity contribution in [3.8, 4) is 0 Å². The largest absolute Gasteiger partial charge is 0.385 e. The number of aryl methyl sites for hydroxylation is 2. The van der Waals surface area contributed by atoms with Gasteiger partial charge >= 0.3 is 0 Å². The zero-order valence-electron chi connectivity index (χ0n) is 11.9. The maximum absolute atomic E-state index is 3.63. The zero-order valence-corrected chi connectivity index (χ0v) is 11.9. The van der Waals surface area contributed by atoms with Crippen molar-refractivity contribution in [3.63, 3.8) is 0 Å². The molecule has 1 saturated carbocycles. The number of benzene rings is 1. The van der Waals surface area contributed by atoms with Crippen molar-refractivity contribution in [1.82, 2.24) is 5.32 Å². The molecule has 2 N–H and O–H groups in total. The van der Waals surface area contributed by atoms with Crippen molar-refractivity contribution in [2.75, 3.05) is 18.9 Å². The van der Waals surface area contributed by atoms with E-state index < -0.39 is 0 Å². The monoisotopic (exact) mass is 246 g/mol. The van der Waals surface area contributed by atoms with Crippen molar-refractivity contribution in [2.45, 2.75) is 45.6 Å². The molecule has 1 aliphatic rings. The third kappa shape index (κ3) is 3.49. The molecule has 0 spiro atoms. The first-order valence-electron chi connectivity index (χ1n) is 7.17. The number of rotatable bonds is 4. The Balaban J connectivity index is 1.87. The van der Waals surface area contributed by atoms with E-state index in [1.807, 2.05) is 0 Å². The minimum atomic E-state index is 0.727. The first-order chi connectivity index (χ1) is 8.69. The Bertz CT molecular complexity index is 387. The second-order valence-corrected chi connectivity index (χ2v) is 5.72. The molecule has 2 nitrogen and oxygen atoms in total. The van der Waals surface area contributed by atoms with Gasteiger partial charge in [-0.25, -0.2) is 0 Å². The highest BCUT2D eigenvalue weighted by Gasteiger charge is 2.20. The summed E-state index contributed by atoms with van der Waals surface area (Å²) in [5, 5.41) is 7.05. The number of anilines is 1. The lowest BCUT2D eigenvalue weighted by atomic mass is 9.85. The molecule has 0 aromatic heterocycles. The van der Waals surface area contributed by atoms with Gasteiger partial charge in [0.05, 0.1) is 0 Å². The van der Waals surface area contributed by atoms with Gasteiger partial charge in [0, 0.05) is 18.3 Å². The third-order valence-corrected chi connectivity index (χ3v) is 4.15. The Kier molecular flexibility index (Phi) is 4.65. The second-order valence-electron chi connectivity index (χ2n) is 5.72. The van der Waals surface area contributed by atoms with Crippen LogP contribution in [0.3, 0.4) is 0 Å². The van der Waals surface area contributed by atoms with Crippen molar-refractivity contribution in [1.29, 1.82) is 0 Å². The molecule has 2 heteroatoms. The molecule has 2 atom stereocenters.